The van der Waals surface area contributed by atoms with Crippen molar-refractivity contribution in [2.24, 2.45) is 40.4 Å². The molecule has 2 N–H and O–H groups in total. The Morgan fingerprint density at radius 2 is 1.81 bits per heavy atom. The highest BCUT2D eigenvalue weighted by Gasteiger charge is 2.76. The van der Waals surface area contributed by atoms with E-state index in [-0.39, 0.29) is 28.8 Å². The Morgan fingerprint density at radius 3 is 2.50 bits per heavy atom. The molecule has 5 aliphatic rings. The molecule has 3 fully saturated rings. The maximum atomic E-state index is 14.2. The molecule has 4 nitrogen and oxygen atoms in total. The van der Waals surface area contributed by atoms with Crippen LogP contribution in [0.2, 0.25) is 0 Å². The third-order valence-electron chi connectivity index (χ3n) is 11.3. The summed E-state index contributed by atoms with van der Waals surface area (Å²) < 4.78 is 6.19. The molecule has 4 aliphatic carbocycles. The lowest BCUT2D eigenvalue weighted by Crippen LogP contribution is -2.56. The normalized spacial score (nSPS) is 51.3. The maximum Gasteiger partial charge on any atom is 0.167 e. The summed E-state index contributed by atoms with van der Waals surface area (Å²) in [5, 5.41) is 21.6. The smallest absolute Gasteiger partial charge is 0.167 e. The van der Waals surface area contributed by atoms with E-state index in [1.807, 2.05) is 0 Å². The van der Waals surface area contributed by atoms with Gasteiger partial charge in [-0.3, -0.25) is 4.79 Å². The van der Waals surface area contributed by atoms with Crippen LogP contribution in [-0.4, -0.2) is 39.9 Å². The topological polar surface area (TPSA) is 70.1 Å². The molecule has 32 heavy (non-hydrogen) atoms. The molecule has 1 saturated heterocycles. The van der Waals surface area contributed by atoms with Crippen molar-refractivity contribution in [3.8, 4) is 0 Å². The highest BCUT2D eigenvalue weighted by atomic mass is 16.6. The third-order valence-corrected chi connectivity index (χ3v) is 11.3. The van der Waals surface area contributed by atoms with E-state index in [1.165, 1.54) is 12.8 Å². The van der Waals surface area contributed by atoms with E-state index in [2.05, 4.69) is 41.5 Å². The molecule has 0 aromatic rings. The first kappa shape index (κ1) is 23.1. The van der Waals surface area contributed by atoms with E-state index in [0.29, 0.717) is 41.6 Å². The average Bonchev–Trinajstić information content (AvgIpc) is 3.35. The lowest BCUT2D eigenvalue weighted by atomic mass is 9.50. The largest absolute Gasteiger partial charge is 0.393 e. The standard InChI is InChI=1S/C28H44O4/c1-15(2)16(3)13-18-7-8-20(17(18)4)26(5)11-10-21-22(24(26)31)23(30)25-28(32-25)14-19(29)9-12-27(21,28)6/h15-20,23,25,29-30H,7-14H2,1-6H3/t16-,17+,18+,19+,20+,23-,25+,26-,27-,28+/m1/s1. The number of carbonyl (C=O) groups excluding carboxylic acids is 1. The van der Waals surface area contributed by atoms with Gasteiger partial charge in [-0.2, -0.15) is 0 Å². The molecule has 0 aromatic carbocycles. The zero-order chi connectivity index (χ0) is 23.2. The van der Waals surface area contributed by atoms with Gasteiger partial charge >= 0.3 is 0 Å². The fourth-order valence-corrected chi connectivity index (χ4v) is 8.57. The summed E-state index contributed by atoms with van der Waals surface area (Å²) in [5.74, 6) is 3.26. The summed E-state index contributed by atoms with van der Waals surface area (Å²) in [6, 6.07) is 0. The molecular weight excluding hydrogens is 400 g/mol. The Morgan fingerprint density at radius 1 is 1.09 bits per heavy atom. The van der Waals surface area contributed by atoms with E-state index in [4.69, 9.17) is 4.74 Å². The van der Waals surface area contributed by atoms with Crippen LogP contribution in [0.1, 0.15) is 92.9 Å². The summed E-state index contributed by atoms with van der Waals surface area (Å²) in [7, 11) is 0. The van der Waals surface area contributed by atoms with E-state index < -0.39 is 11.7 Å². The summed E-state index contributed by atoms with van der Waals surface area (Å²) in [6.45, 7) is 13.8. The molecule has 4 heteroatoms. The van der Waals surface area contributed by atoms with Crippen molar-refractivity contribution in [1.82, 2.24) is 0 Å². The first-order valence-corrected chi connectivity index (χ1v) is 13.3. The van der Waals surface area contributed by atoms with Crippen molar-refractivity contribution in [1.29, 1.82) is 0 Å². The van der Waals surface area contributed by atoms with Gasteiger partial charge in [-0.05, 0) is 74.5 Å². The minimum atomic E-state index is -0.830. The second-order valence-electron chi connectivity index (χ2n) is 13.0. The number of aliphatic hydroxyl groups is 2. The van der Waals surface area contributed by atoms with Crippen molar-refractivity contribution < 1.29 is 19.7 Å². The Bertz CT molecular complexity index is 831. The van der Waals surface area contributed by atoms with Crippen LogP contribution in [0.5, 0.6) is 0 Å². The van der Waals surface area contributed by atoms with Crippen LogP contribution in [0.4, 0.5) is 0 Å². The molecule has 1 aliphatic heterocycles. The number of ether oxygens (including phenoxy) is 1. The van der Waals surface area contributed by atoms with Crippen molar-refractivity contribution >= 4 is 5.78 Å². The van der Waals surface area contributed by atoms with Gasteiger partial charge in [0, 0.05) is 22.8 Å². The second kappa shape index (κ2) is 7.39. The lowest BCUT2D eigenvalue weighted by molar-refractivity contribution is -0.131. The summed E-state index contributed by atoms with van der Waals surface area (Å²) in [6.07, 6.45) is 6.05. The summed E-state index contributed by atoms with van der Waals surface area (Å²) in [5.41, 5.74) is 0.786. The Labute approximate surface area is 194 Å². The minimum Gasteiger partial charge on any atom is -0.393 e. The van der Waals surface area contributed by atoms with Gasteiger partial charge in [0.25, 0.3) is 0 Å². The van der Waals surface area contributed by atoms with E-state index in [9.17, 15) is 15.0 Å². The number of rotatable bonds is 4. The van der Waals surface area contributed by atoms with Crippen molar-refractivity contribution in [2.45, 2.75) is 117 Å². The monoisotopic (exact) mass is 444 g/mol. The minimum absolute atomic E-state index is 0.206. The number of epoxide rings is 1. The number of fused-ring (bicyclic) bond motifs is 1. The maximum absolute atomic E-state index is 14.2. The van der Waals surface area contributed by atoms with Gasteiger partial charge in [-0.1, -0.05) is 47.1 Å². The highest BCUT2D eigenvalue weighted by Crippen LogP contribution is 2.69. The average molecular weight is 445 g/mol. The number of hydrogen-bond donors (Lipinski definition) is 2. The van der Waals surface area contributed by atoms with E-state index in [1.54, 1.807) is 0 Å². The molecule has 0 unspecified atom stereocenters. The molecule has 10 atom stereocenters. The van der Waals surface area contributed by atoms with Crippen LogP contribution in [0.25, 0.3) is 0 Å². The number of ketones is 1. The molecule has 2 saturated carbocycles. The van der Waals surface area contributed by atoms with Gasteiger partial charge in [-0.25, -0.2) is 0 Å². The third kappa shape index (κ3) is 2.94. The SMILES string of the molecule is CC(C)[C@H](C)C[C@@H]1CC[C@H]([C@@]2(C)CCC3=C(C2=O)[C@@H](O)[C@@H]2O[C@@]24C[C@@H](O)CC[C@]34C)[C@H]1C. The van der Waals surface area contributed by atoms with Gasteiger partial charge in [0.05, 0.1) is 6.10 Å². The number of carbonyl (C=O) groups is 1. The van der Waals surface area contributed by atoms with E-state index in [0.717, 1.165) is 37.7 Å². The second-order valence-corrected chi connectivity index (χ2v) is 13.0. The molecule has 0 bridgehead atoms. The number of aliphatic hydroxyl groups excluding tert-OH is 2. The zero-order valence-corrected chi connectivity index (χ0v) is 21.0. The molecule has 1 heterocycles. The van der Waals surface area contributed by atoms with Gasteiger partial charge in [-0.15, -0.1) is 0 Å². The van der Waals surface area contributed by atoms with Gasteiger partial charge in [0.15, 0.2) is 5.78 Å². The predicted octanol–water partition coefficient (Wildman–Crippen LogP) is 5.06. The quantitative estimate of drug-likeness (QED) is 0.595. The van der Waals surface area contributed by atoms with Gasteiger partial charge in [0.2, 0.25) is 0 Å². The molecule has 180 valence electrons. The molecule has 5 rings (SSSR count). The van der Waals surface area contributed by atoms with Crippen molar-refractivity contribution in [3.63, 3.8) is 0 Å². The molecule has 1 spiro atoms. The lowest BCUT2D eigenvalue weighted by Gasteiger charge is -2.52. The van der Waals surface area contributed by atoms with Crippen LogP contribution >= 0.6 is 0 Å². The Balaban J connectivity index is 1.43. The van der Waals surface area contributed by atoms with Crippen LogP contribution < -0.4 is 0 Å². The van der Waals surface area contributed by atoms with Gasteiger partial charge in [0.1, 0.15) is 17.8 Å². The van der Waals surface area contributed by atoms with Crippen LogP contribution in [0.3, 0.4) is 0 Å². The number of Topliss-reactive ketones (excluding diaryl/α,β-unsaturated/α-hetero) is 1. The molecule has 0 amide bonds. The fourth-order valence-electron chi connectivity index (χ4n) is 8.57. The van der Waals surface area contributed by atoms with Crippen molar-refractivity contribution in [2.75, 3.05) is 0 Å². The fraction of sp³-hybridized carbons (Fsp3) is 0.893. The summed E-state index contributed by atoms with van der Waals surface area (Å²) in [4.78, 5) is 14.2. The van der Waals surface area contributed by atoms with Crippen LogP contribution in [0, 0.1) is 40.4 Å². The molecular formula is C28H44O4. The van der Waals surface area contributed by atoms with E-state index >= 15 is 0 Å². The van der Waals surface area contributed by atoms with Crippen molar-refractivity contribution in [3.05, 3.63) is 11.1 Å². The predicted molar refractivity (Wildman–Crippen MR) is 125 cm³/mol. The molecule has 0 aromatic heterocycles. The van der Waals surface area contributed by atoms with Crippen LogP contribution in [0.15, 0.2) is 11.1 Å². The Hall–Kier alpha value is -0.710. The highest BCUT2D eigenvalue weighted by molar-refractivity contribution is 6.03. The first-order valence-electron chi connectivity index (χ1n) is 13.3. The van der Waals surface area contributed by atoms with Gasteiger partial charge < -0.3 is 14.9 Å². The zero-order valence-electron chi connectivity index (χ0n) is 21.0. The summed E-state index contributed by atoms with van der Waals surface area (Å²) >= 11 is 0. The Kier molecular flexibility index (Phi) is 5.33. The molecule has 0 radical (unpaired) electrons. The first-order chi connectivity index (χ1) is 15.0. The number of hydrogen-bond acceptors (Lipinski definition) is 4. The van der Waals surface area contributed by atoms with Crippen LogP contribution in [-0.2, 0) is 9.53 Å².